The summed E-state index contributed by atoms with van der Waals surface area (Å²) in [6, 6.07) is 0. The summed E-state index contributed by atoms with van der Waals surface area (Å²) >= 11 is 0. The van der Waals surface area contributed by atoms with Crippen molar-refractivity contribution in [2.75, 3.05) is 11.5 Å². The van der Waals surface area contributed by atoms with E-state index in [1.807, 2.05) is 0 Å². The minimum Gasteiger partial charge on any atom is -0.382 e. The lowest BCUT2D eigenvalue weighted by Crippen LogP contribution is -2.31. The van der Waals surface area contributed by atoms with Gasteiger partial charge >= 0.3 is 0 Å². The van der Waals surface area contributed by atoms with E-state index in [-0.39, 0.29) is 5.95 Å². The van der Waals surface area contributed by atoms with Crippen LogP contribution < -0.4 is 11.5 Å². The Morgan fingerprint density at radius 3 is 2.47 bits per heavy atom. The van der Waals surface area contributed by atoms with Crippen molar-refractivity contribution in [3.05, 3.63) is 6.33 Å². The van der Waals surface area contributed by atoms with Crippen LogP contribution in [-0.4, -0.2) is 27.4 Å². The molecule has 0 fully saturated rings. The van der Waals surface area contributed by atoms with Gasteiger partial charge in [-0.05, 0) is 0 Å². The number of nitrogen functional groups attached to an aromatic ring is 2. The number of rotatable bonds is 1. The lowest BCUT2D eigenvalue weighted by molar-refractivity contribution is 1.12. The van der Waals surface area contributed by atoms with E-state index < -0.39 is 8.24 Å². The van der Waals surface area contributed by atoms with E-state index in [9.17, 15) is 0 Å². The molecule has 0 amide bonds. The number of hydrogen-bond acceptors (Lipinski definition) is 5. The fraction of sp³-hybridized carbons (Fsp3) is 0.375. The van der Waals surface area contributed by atoms with Gasteiger partial charge in [-0.1, -0.05) is 19.6 Å². The molecule has 0 aromatic carbocycles. The first kappa shape index (κ1) is 9.90. The summed E-state index contributed by atoms with van der Waals surface area (Å²) in [5.41, 5.74) is 12.7. The highest BCUT2D eigenvalue weighted by Gasteiger charge is 2.21. The first-order valence-corrected chi connectivity index (χ1v) is 8.11. The molecule has 2 aromatic heterocycles. The van der Waals surface area contributed by atoms with Crippen molar-refractivity contribution < 1.29 is 0 Å². The van der Waals surface area contributed by atoms with Gasteiger partial charge in [-0.3, -0.25) is 0 Å². The molecule has 0 aliphatic carbocycles. The number of aromatic nitrogens is 4. The van der Waals surface area contributed by atoms with E-state index in [0.29, 0.717) is 11.3 Å². The van der Waals surface area contributed by atoms with Gasteiger partial charge in [-0.15, -0.1) is 0 Å². The average Bonchev–Trinajstić information content (AvgIpc) is 2.45. The van der Waals surface area contributed by atoms with Gasteiger partial charge in [-0.2, -0.15) is 9.97 Å². The molecule has 0 saturated heterocycles. The topological polar surface area (TPSA) is 95.6 Å². The van der Waals surface area contributed by atoms with Gasteiger partial charge in [0.05, 0.1) is 6.33 Å². The molecular formula is C8H14N6Si. The van der Waals surface area contributed by atoms with E-state index in [1.54, 1.807) is 6.33 Å². The average molecular weight is 222 g/mol. The van der Waals surface area contributed by atoms with Crippen molar-refractivity contribution >= 4 is 31.2 Å². The van der Waals surface area contributed by atoms with Crippen LogP contribution in [0.4, 0.5) is 11.8 Å². The van der Waals surface area contributed by atoms with Gasteiger partial charge in [-0.25, -0.2) is 4.98 Å². The Labute approximate surface area is 88.4 Å². The van der Waals surface area contributed by atoms with Crippen molar-refractivity contribution in [2.45, 2.75) is 19.6 Å². The van der Waals surface area contributed by atoms with Crippen LogP contribution in [-0.2, 0) is 0 Å². The third-order valence-electron chi connectivity index (χ3n) is 2.16. The highest BCUT2D eigenvalue weighted by Crippen LogP contribution is 2.20. The second kappa shape index (κ2) is 2.93. The van der Waals surface area contributed by atoms with Crippen LogP contribution in [0.1, 0.15) is 0 Å². The van der Waals surface area contributed by atoms with E-state index in [2.05, 4.69) is 38.8 Å². The predicted octanol–water partition coefficient (Wildman–Crippen LogP) is 0.674. The van der Waals surface area contributed by atoms with Gasteiger partial charge in [0.2, 0.25) is 5.95 Å². The van der Waals surface area contributed by atoms with E-state index in [0.717, 1.165) is 5.65 Å². The third kappa shape index (κ3) is 1.54. The highest BCUT2D eigenvalue weighted by molar-refractivity contribution is 6.75. The Bertz CT molecular complexity index is 512. The summed E-state index contributed by atoms with van der Waals surface area (Å²) < 4.78 is 2.07. The number of hydrogen-bond donors (Lipinski definition) is 2. The second-order valence-electron chi connectivity index (χ2n) is 4.42. The number of anilines is 2. The van der Waals surface area contributed by atoms with Crippen LogP contribution in [0.15, 0.2) is 6.33 Å². The maximum Gasteiger partial charge on any atom is 0.224 e. The SMILES string of the molecule is C[Si](C)(C)n1cnc2c(N)nc(N)nc21. The predicted molar refractivity (Wildman–Crippen MR) is 62.9 cm³/mol. The molecule has 7 heteroatoms. The molecule has 0 spiro atoms. The van der Waals surface area contributed by atoms with Crippen molar-refractivity contribution in [1.29, 1.82) is 0 Å². The Morgan fingerprint density at radius 2 is 1.87 bits per heavy atom. The first-order valence-electron chi connectivity index (χ1n) is 4.66. The standard InChI is InChI=1S/C8H14N6Si/c1-15(2,3)14-4-11-5-6(9)12-8(10)13-7(5)14/h4H,1-3H3,(H4,9,10,12,13). The van der Waals surface area contributed by atoms with Gasteiger partial charge in [0, 0.05) is 0 Å². The molecule has 0 aliphatic heterocycles. The molecule has 0 radical (unpaired) electrons. The monoisotopic (exact) mass is 222 g/mol. The Hall–Kier alpha value is -1.63. The van der Waals surface area contributed by atoms with Crippen LogP contribution in [0.25, 0.3) is 11.2 Å². The first-order chi connectivity index (χ1) is 6.89. The minimum absolute atomic E-state index is 0.194. The van der Waals surface area contributed by atoms with Gasteiger partial charge in [0.25, 0.3) is 0 Å². The molecule has 0 saturated carbocycles. The Morgan fingerprint density at radius 1 is 1.20 bits per heavy atom. The van der Waals surface area contributed by atoms with Crippen molar-refractivity contribution in [2.24, 2.45) is 0 Å². The van der Waals surface area contributed by atoms with Crippen molar-refractivity contribution in [3.63, 3.8) is 0 Å². The summed E-state index contributed by atoms with van der Waals surface area (Å²) in [4.78, 5) is 12.3. The summed E-state index contributed by atoms with van der Waals surface area (Å²) in [5.74, 6) is 0.537. The smallest absolute Gasteiger partial charge is 0.224 e. The fourth-order valence-corrected chi connectivity index (χ4v) is 2.63. The zero-order chi connectivity index (χ0) is 11.2. The Balaban J connectivity index is 2.80. The molecule has 2 heterocycles. The van der Waals surface area contributed by atoms with Crippen LogP contribution in [0.2, 0.25) is 19.6 Å². The molecular weight excluding hydrogens is 208 g/mol. The molecule has 15 heavy (non-hydrogen) atoms. The van der Waals surface area contributed by atoms with Crippen LogP contribution in [0.3, 0.4) is 0 Å². The maximum atomic E-state index is 5.72. The lowest BCUT2D eigenvalue weighted by Gasteiger charge is -2.18. The van der Waals surface area contributed by atoms with Crippen LogP contribution in [0, 0.1) is 0 Å². The molecule has 4 N–H and O–H groups in total. The fourth-order valence-electron chi connectivity index (χ4n) is 1.43. The number of nitrogens with two attached hydrogens (primary N) is 2. The van der Waals surface area contributed by atoms with E-state index >= 15 is 0 Å². The van der Waals surface area contributed by atoms with Gasteiger partial charge in [0.1, 0.15) is 5.52 Å². The molecule has 0 unspecified atom stereocenters. The normalized spacial score (nSPS) is 12.2. The second-order valence-corrected chi connectivity index (χ2v) is 9.25. The molecule has 0 aliphatic rings. The van der Waals surface area contributed by atoms with E-state index in [4.69, 9.17) is 11.5 Å². The lowest BCUT2D eigenvalue weighted by atomic mass is 10.5. The molecule has 80 valence electrons. The summed E-state index contributed by atoms with van der Waals surface area (Å²) in [5, 5.41) is 0. The van der Waals surface area contributed by atoms with Crippen LogP contribution >= 0.6 is 0 Å². The number of fused-ring (bicyclic) bond motifs is 1. The van der Waals surface area contributed by atoms with E-state index in [1.165, 1.54) is 0 Å². The molecule has 0 bridgehead atoms. The quantitative estimate of drug-likeness (QED) is 0.691. The zero-order valence-corrected chi connectivity index (χ0v) is 10.0. The Kier molecular flexibility index (Phi) is 1.93. The summed E-state index contributed by atoms with van der Waals surface area (Å²) in [6.07, 6.45) is 1.77. The third-order valence-corrected chi connectivity index (χ3v) is 3.94. The number of imidazole rings is 1. The van der Waals surface area contributed by atoms with Crippen molar-refractivity contribution in [3.8, 4) is 0 Å². The molecule has 2 aromatic rings. The highest BCUT2D eigenvalue weighted by atomic mass is 28.3. The molecule has 2 rings (SSSR count). The largest absolute Gasteiger partial charge is 0.382 e. The number of nitrogens with zero attached hydrogens (tertiary/aromatic N) is 4. The van der Waals surface area contributed by atoms with Crippen molar-refractivity contribution in [1.82, 2.24) is 19.2 Å². The maximum absolute atomic E-state index is 5.72. The van der Waals surface area contributed by atoms with Gasteiger partial charge < -0.3 is 15.7 Å². The molecule has 6 nitrogen and oxygen atoms in total. The summed E-state index contributed by atoms with van der Waals surface area (Å²) in [6.45, 7) is 6.59. The minimum atomic E-state index is -1.54. The summed E-state index contributed by atoms with van der Waals surface area (Å²) in [7, 11) is -1.54. The zero-order valence-electron chi connectivity index (χ0n) is 9.02. The van der Waals surface area contributed by atoms with Crippen LogP contribution in [0.5, 0.6) is 0 Å². The molecule has 0 atom stereocenters. The van der Waals surface area contributed by atoms with Gasteiger partial charge in [0.15, 0.2) is 19.7 Å².